The Hall–Kier alpha value is -1.15. The lowest BCUT2D eigenvalue weighted by Gasteiger charge is -2.34. The second kappa shape index (κ2) is 8.63. The maximum Gasteiger partial charge on any atom is 0.317 e. The molecule has 130 valence electrons. The van der Waals surface area contributed by atoms with Crippen molar-refractivity contribution in [3.05, 3.63) is 21.9 Å². The summed E-state index contributed by atoms with van der Waals surface area (Å²) in [7, 11) is 3.84. The average Bonchev–Trinajstić information content (AvgIpc) is 2.92. The van der Waals surface area contributed by atoms with Gasteiger partial charge in [-0.15, -0.1) is 11.3 Å². The van der Waals surface area contributed by atoms with Crippen LogP contribution in [0.4, 0.5) is 4.79 Å². The fourth-order valence-electron chi connectivity index (χ4n) is 2.66. The highest BCUT2D eigenvalue weighted by Gasteiger charge is 2.19. The Bertz CT molecular complexity index is 500. The van der Waals surface area contributed by atoms with Crippen LogP contribution in [0.25, 0.3) is 0 Å². The van der Waals surface area contributed by atoms with E-state index in [0.717, 1.165) is 26.2 Å². The van der Waals surface area contributed by atoms with Crippen LogP contribution in [0.3, 0.4) is 0 Å². The van der Waals surface area contributed by atoms with Crippen LogP contribution in [-0.2, 0) is 6.54 Å². The van der Waals surface area contributed by atoms with Crippen LogP contribution in [-0.4, -0.2) is 85.3 Å². The zero-order valence-electron chi connectivity index (χ0n) is 14.3. The molecule has 2 N–H and O–H groups in total. The molecule has 2 heterocycles. The van der Waals surface area contributed by atoms with Crippen LogP contribution < -0.4 is 5.32 Å². The monoisotopic (exact) mass is 340 g/mol. The Kier molecular flexibility index (Phi) is 6.83. The molecular formula is C16H28N4O2S. The van der Waals surface area contributed by atoms with Crippen LogP contribution in [0, 0.1) is 6.92 Å². The third kappa shape index (κ3) is 5.76. The minimum atomic E-state index is -0.516. The lowest BCUT2D eigenvalue weighted by atomic mass is 10.2. The number of nitrogens with one attached hydrogen (secondary N) is 1. The number of carbonyl (C=O) groups is 1. The number of hydrogen-bond donors (Lipinski definition) is 2. The summed E-state index contributed by atoms with van der Waals surface area (Å²) >= 11 is 1.65. The topological polar surface area (TPSA) is 59.1 Å². The summed E-state index contributed by atoms with van der Waals surface area (Å²) in [5, 5.41) is 15.1. The van der Waals surface area contributed by atoms with Gasteiger partial charge < -0.3 is 20.2 Å². The standard InChI is InChI=1S/C16H28N4O2S/c1-13-4-9-23-15(13)10-17-16(22)19(3)11-14(21)12-20-7-5-18(2)6-8-20/h4,9,14,21H,5-8,10-12H2,1-3H3,(H,17,22). The van der Waals surface area contributed by atoms with Gasteiger partial charge in [-0.25, -0.2) is 4.79 Å². The van der Waals surface area contributed by atoms with Crippen molar-refractivity contribution in [1.82, 2.24) is 20.0 Å². The molecule has 2 amide bonds. The summed E-state index contributed by atoms with van der Waals surface area (Å²) in [5.41, 5.74) is 1.20. The molecule has 6 nitrogen and oxygen atoms in total. The fourth-order valence-corrected chi connectivity index (χ4v) is 3.51. The van der Waals surface area contributed by atoms with E-state index in [1.54, 1.807) is 23.3 Å². The molecule has 0 spiro atoms. The number of aliphatic hydroxyl groups excluding tert-OH is 1. The largest absolute Gasteiger partial charge is 0.390 e. The van der Waals surface area contributed by atoms with Crippen molar-refractivity contribution in [2.45, 2.75) is 19.6 Å². The number of hydrogen-bond acceptors (Lipinski definition) is 5. The van der Waals surface area contributed by atoms with Crippen LogP contribution >= 0.6 is 11.3 Å². The predicted molar refractivity (Wildman–Crippen MR) is 93.9 cm³/mol. The number of likely N-dealkylation sites (N-methyl/N-ethyl adjacent to an activating group) is 2. The van der Waals surface area contributed by atoms with Crippen molar-refractivity contribution in [1.29, 1.82) is 0 Å². The molecule has 1 aromatic heterocycles. The molecule has 0 aromatic carbocycles. The molecule has 0 aliphatic carbocycles. The smallest absolute Gasteiger partial charge is 0.317 e. The highest BCUT2D eigenvalue weighted by Crippen LogP contribution is 2.14. The van der Waals surface area contributed by atoms with Crippen molar-refractivity contribution in [2.75, 3.05) is 53.4 Å². The van der Waals surface area contributed by atoms with Crippen molar-refractivity contribution in [3.8, 4) is 0 Å². The van der Waals surface area contributed by atoms with Gasteiger partial charge in [0.05, 0.1) is 12.6 Å². The van der Waals surface area contributed by atoms with E-state index in [1.807, 2.05) is 12.3 Å². The van der Waals surface area contributed by atoms with Gasteiger partial charge in [-0.1, -0.05) is 0 Å². The third-order valence-corrected chi connectivity index (χ3v) is 5.29. The van der Waals surface area contributed by atoms with Crippen LogP contribution in [0.1, 0.15) is 10.4 Å². The first kappa shape index (κ1) is 18.2. The maximum absolute atomic E-state index is 12.1. The molecule has 0 radical (unpaired) electrons. The fraction of sp³-hybridized carbons (Fsp3) is 0.688. The van der Waals surface area contributed by atoms with Gasteiger partial charge in [-0.3, -0.25) is 4.90 Å². The first-order chi connectivity index (χ1) is 11.0. The van der Waals surface area contributed by atoms with Crippen molar-refractivity contribution in [3.63, 3.8) is 0 Å². The minimum absolute atomic E-state index is 0.143. The molecule has 0 bridgehead atoms. The zero-order valence-corrected chi connectivity index (χ0v) is 15.1. The molecule has 1 fully saturated rings. The van der Waals surface area contributed by atoms with Crippen LogP contribution in [0.5, 0.6) is 0 Å². The lowest BCUT2D eigenvalue weighted by Crippen LogP contribution is -2.49. The Balaban J connectivity index is 1.69. The van der Waals surface area contributed by atoms with Gasteiger partial charge >= 0.3 is 6.03 Å². The molecule has 1 aromatic rings. The Morgan fingerprint density at radius 1 is 1.43 bits per heavy atom. The molecule has 23 heavy (non-hydrogen) atoms. The molecule has 1 aliphatic heterocycles. The third-order valence-electron chi connectivity index (χ3n) is 4.26. The quantitative estimate of drug-likeness (QED) is 0.804. The van der Waals surface area contributed by atoms with Gasteiger partial charge in [0.15, 0.2) is 0 Å². The maximum atomic E-state index is 12.1. The second-order valence-corrected chi connectivity index (χ2v) is 7.32. The number of aliphatic hydroxyl groups is 1. The van der Waals surface area contributed by atoms with Crippen molar-refractivity contribution < 1.29 is 9.90 Å². The number of aryl methyl sites for hydroxylation is 1. The van der Waals surface area contributed by atoms with Gasteiger partial charge in [-0.05, 0) is 31.0 Å². The van der Waals surface area contributed by atoms with E-state index in [2.05, 4.69) is 28.2 Å². The number of urea groups is 1. The number of carbonyl (C=O) groups excluding carboxylic acids is 1. The summed E-state index contributed by atoms with van der Waals surface area (Å²) in [5.74, 6) is 0. The lowest BCUT2D eigenvalue weighted by molar-refractivity contribution is 0.0658. The molecule has 1 unspecified atom stereocenters. The Morgan fingerprint density at radius 2 is 2.13 bits per heavy atom. The molecule has 2 rings (SSSR count). The molecular weight excluding hydrogens is 312 g/mol. The zero-order chi connectivity index (χ0) is 16.8. The molecule has 7 heteroatoms. The number of β-amino-alcohol motifs (C(OH)–C–C–N with tert-alkyl or cyclic N) is 1. The van der Waals surface area contributed by atoms with Crippen molar-refractivity contribution >= 4 is 17.4 Å². The van der Waals surface area contributed by atoms with E-state index in [9.17, 15) is 9.90 Å². The summed E-state index contributed by atoms with van der Waals surface area (Å²) in [6, 6.07) is 1.91. The van der Waals surface area contributed by atoms with E-state index < -0.39 is 6.10 Å². The van der Waals surface area contributed by atoms with E-state index in [-0.39, 0.29) is 6.03 Å². The number of rotatable bonds is 6. The number of nitrogens with zero attached hydrogens (tertiary/aromatic N) is 3. The van der Waals surface area contributed by atoms with E-state index in [1.165, 1.54) is 10.4 Å². The van der Waals surface area contributed by atoms with Gasteiger partial charge in [0.1, 0.15) is 0 Å². The number of amides is 2. The second-order valence-electron chi connectivity index (χ2n) is 6.32. The van der Waals surface area contributed by atoms with Crippen molar-refractivity contribution in [2.24, 2.45) is 0 Å². The van der Waals surface area contributed by atoms with Gasteiger partial charge in [0, 0.05) is 51.2 Å². The Labute approximate surface area is 142 Å². The summed E-state index contributed by atoms with van der Waals surface area (Å²) in [6.45, 7) is 7.56. The van der Waals surface area contributed by atoms with Crippen LogP contribution in [0.2, 0.25) is 0 Å². The first-order valence-electron chi connectivity index (χ1n) is 8.06. The molecule has 0 saturated carbocycles. The van der Waals surface area contributed by atoms with E-state index >= 15 is 0 Å². The Morgan fingerprint density at radius 3 is 2.74 bits per heavy atom. The highest BCUT2D eigenvalue weighted by atomic mass is 32.1. The SMILES string of the molecule is Cc1ccsc1CNC(=O)N(C)CC(O)CN1CCN(C)CC1. The van der Waals surface area contributed by atoms with Crippen LogP contribution in [0.15, 0.2) is 11.4 Å². The predicted octanol–water partition coefficient (Wildman–Crippen LogP) is 0.806. The van der Waals surface area contributed by atoms with Gasteiger partial charge in [0.25, 0.3) is 0 Å². The summed E-state index contributed by atoms with van der Waals surface area (Å²) < 4.78 is 0. The van der Waals surface area contributed by atoms with Gasteiger partial charge in [0.2, 0.25) is 0 Å². The molecule has 1 saturated heterocycles. The highest BCUT2D eigenvalue weighted by molar-refractivity contribution is 7.10. The van der Waals surface area contributed by atoms with E-state index in [4.69, 9.17) is 0 Å². The summed E-state index contributed by atoms with van der Waals surface area (Å²) in [6.07, 6.45) is -0.516. The van der Waals surface area contributed by atoms with Gasteiger partial charge in [-0.2, -0.15) is 0 Å². The number of piperazine rings is 1. The van der Waals surface area contributed by atoms with E-state index in [0.29, 0.717) is 19.6 Å². The molecule has 1 aliphatic rings. The minimum Gasteiger partial charge on any atom is -0.390 e. The normalized spacial score (nSPS) is 17.9. The number of thiophene rings is 1. The molecule has 1 atom stereocenters. The average molecular weight is 340 g/mol. The summed E-state index contributed by atoms with van der Waals surface area (Å²) in [4.78, 5) is 19.4. The first-order valence-corrected chi connectivity index (χ1v) is 8.94.